The van der Waals surface area contributed by atoms with Crippen molar-refractivity contribution in [1.29, 1.82) is 0 Å². The third-order valence-electron chi connectivity index (χ3n) is 3.80. The van der Waals surface area contributed by atoms with Crippen LogP contribution < -0.4 is 5.32 Å². The molecule has 0 spiro atoms. The minimum absolute atomic E-state index is 0.0225. The smallest absolute Gasteiger partial charge is 0.165 e. The Morgan fingerprint density at radius 3 is 2.13 bits per heavy atom. The molecule has 2 aromatic rings. The SMILES string of the molecule is Cc1ccc(NC2=N[C@@H]3N=C(c4ccc(C)cc4)S[C@@H]3S2)cc1. The highest BCUT2D eigenvalue weighted by atomic mass is 32.2. The third-order valence-corrected chi connectivity index (χ3v) is 6.32. The second-order valence-electron chi connectivity index (χ2n) is 5.74. The fraction of sp³-hybridized carbons (Fsp3) is 0.222. The summed E-state index contributed by atoms with van der Waals surface area (Å²) in [5, 5.41) is 5.45. The van der Waals surface area contributed by atoms with Crippen LogP contribution in [0.5, 0.6) is 0 Å². The van der Waals surface area contributed by atoms with Gasteiger partial charge in [0.15, 0.2) is 11.3 Å². The van der Waals surface area contributed by atoms with Crippen molar-refractivity contribution in [2.75, 3.05) is 5.32 Å². The number of fused-ring (bicyclic) bond motifs is 1. The number of hydrogen-bond donors (Lipinski definition) is 1. The molecular formula is C18H17N3S2. The zero-order chi connectivity index (χ0) is 15.8. The largest absolute Gasteiger partial charge is 0.335 e. The molecular weight excluding hydrogens is 322 g/mol. The Bertz CT molecular complexity index is 779. The second kappa shape index (κ2) is 6.06. The number of anilines is 1. The first-order chi connectivity index (χ1) is 11.2. The highest BCUT2D eigenvalue weighted by molar-refractivity contribution is 8.31. The van der Waals surface area contributed by atoms with Gasteiger partial charge in [0.25, 0.3) is 0 Å². The van der Waals surface area contributed by atoms with Gasteiger partial charge in [-0.25, -0.2) is 9.98 Å². The van der Waals surface area contributed by atoms with Crippen LogP contribution in [0.15, 0.2) is 58.5 Å². The van der Waals surface area contributed by atoms with Crippen LogP contribution in [0.3, 0.4) is 0 Å². The zero-order valence-electron chi connectivity index (χ0n) is 13.0. The zero-order valence-corrected chi connectivity index (χ0v) is 14.6. The van der Waals surface area contributed by atoms with E-state index in [1.807, 2.05) is 11.8 Å². The number of nitrogens with one attached hydrogen (secondary N) is 1. The van der Waals surface area contributed by atoms with E-state index < -0.39 is 0 Å². The molecule has 0 aromatic heterocycles. The first-order valence-electron chi connectivity index (χ1n) is 7.57. The van der Waals surface area contributed by atoms with Gasteiger partial charge >= 0.3 is 0 Å². The quantitative estimate of drug-likeness (QED) is 0.864. The van der Waals surface area contributed by atoms with Gasteiger partial charge in [0.05, 0.1) is 0 Å². The van der Waals surface area contributed by atoms with Gasteiger partial charge in [-0.2, -0.15) is 0 Å². The second-order valence-corrected chi connectivity index (χ2v) is 8.30. The molecule has 0 bridgehead atoms. The maximum Gasteiger partial charge on any atom is 0.165 e. The molecule has 0 radical (unpaired) electrons. The first-order valence-corrected chi connectivity index (χ1v) is 9.33. The van der Waals surface area contributed by atoms with E-state index in [2.05, 4.69) is 67.7 Å². The Hall–Kier alpha value is -1.72. The minimum Gasteiger partial charge on any atom is -0.335 e. The van der Waals surface area contributed by atoms with E-state index >= 15 is 0 Å². The van der Waals surface area contributed by atoms with Crippen molar-refractivity contribution >= 4 is 39.4 Å². The summed E-state index contributed by atoms with van der Waals surface area (Å²) in [5.41, 5.74) is 4.80. The van der Waals surface area contributed by atoms with E-state index in [0.29, 0.717) is 4.58 Å². The predicted molar refractivity (Wildman–Crippen MR) is 103 cm³/mol. The van der Waals surface area contributed by atoms with Gasteiger partial charge in [0.2, 0.25) is 0 Å². The van der Waals surface area contributed by atoms with Gasteiger partial charge in [-0.05, 0) is 26.0 Å². The van der Waals surface area contributed by atoms with Crippen molar-refractivity contribution in [1.82, 2.24) is 0 Å². The molecule has 0 unspecified atom stereocenters. The van der Waals surface area contributed by atoms with Crippen LogP contribution in [-0.4, -0.2) is 21.0 Å². The van der Waals surface area contributed by atoms with Crippen LogP contribution in [0.1, 0.15) is 16.7 Å². The van der Waals surface area contributed by atoms with E-state index in [0.717, 1.165) is 15.9 Å². The fourth-order valence-corrected chi connectivity index (χ4v) is 4.93. The Morgan fingerprint density at radius 2 is 1.48 bits per heavy atom. The van der Waals surface area contributed by atoms with Gasteiger partial charge in [-0.1, -0.05) is 71.0 Å². The summed E-state index contributed by atoms with van der Waals surface area (Å²) in [6, 6.07) is 16.9. The molecule has 2 aliphatic heterocycles. The molecule has 2 heterocycles. The van der Waals surface area contributed by atoms with Crippen LogP contribution in [0.2, 0.25) is 0 Å². The Kier molecular flexibility index (Phi) is 3.91. The number of aryl methyl sites for hydroxylation is 2. The fourth-order valence-electron chi connectivity index (χ4n) is 2.48. The minimum atomic E-state index is 0.0225. The Labute approximate surface area is 144 Å². The summed E-state index contributed by atoms with van der Waals surface area (Å²) in [6.45, 7) is 4.19. The average Bonchev–Trinajstić information content (AvgIpc) is 3.09. The summed E-state index contributed by atoms with van der Waals surface area (Å²) in [6.07, 6.45) is 0.0225. The van der Waals surface area contributed by atoms with E-state index in [9.17, 15) is 0 Å². The summed E-state index contributed by atoms with van der Waals surface area (Å²) in [5.74, 6) is 0. The van der Waals surface area contributed by atoms with Crippen LogP contribution in [-0.2, 0) is 0 Å². The lowest BCUT2D eigenvalue weighted by molar-refractivity contribution is 0.809. The number of aliphatic imine (C=N–C) groups is 2. The normalized spacial score (nSPS) is 22.5. The number of benzene rings is 2. The van der Waals surface area contributed by atoms with Gasteiger partial charge < -0.3 is 5.32 Å². The van der Waals surface area contributed by atoms with Gasteiger partial charge in [-0.15, -0.1) is 0 Å². The number of thioether (sulfide) groups is 2. The van der Waals surface area contributed by atoms with Crippen molar-refractivity contribution < 1.29 is 0 Å². The monoisotopic (exact) mass is 339 g/mol. The number of nitrogens with zero attached hydrogens (tertiary/aromatic N) is 2. The van der Waals surface area contributed by atoms with E-state index in [1.165, 1.54) is 16.7 Å². The molecule has 0 aliphatic carbocycles. The van der Waals surface area contributed by atoms with Crippen molar-refractivity contribution in [2.24, 2.45) is 9.98 Å². The van der Waals surface area contributed by atoms with Crippen molar-refractivity contribution in [3.63, 3.8) is 0 Å². The van der Waals surface area contributed by atoms with Crippen molar-refractivity contribution in [2.45, 2.75) is 24.6 Å². The summed E-state index contributed by atoms with van der Waals surface area (Å²) < 4.78 is 0.347. The summed E-state index contributed by atoms with van der Waals surface area (Å²) in [4.78, 5) is 9.51. The highest BCUT2D eigenvalue weighted by Gasteiger charge is 2.37. The van der Waals surface area contributed by atoms with Crippen LogP contribution in [0.25, 0.3) is 0 Å². The predicted octanol–water partition coefficient (Wildman–Crippen LogP) is 4.66. The van der Waals surface area contributed by atoms with E-state index in [4.69, 9.17) is 9.98 Å². The third kappa shape index (κ3) is 3.16. The number of hydrogen-bond acceptors (Lipinski definition) is 5. The number of rotatable bonds is 2. The topological polar surface area (TPSA) is 36.8 Å². The highest BCUT2D eigenvalue weighted by Crippen LogP contribution is 2.43. The lowest BCUT2D eigenvalue weighted by atomic mass is 10.2. The molecule has 5 heteroatoms. The molecule has 0 amide bonds. The Morgan fingerprint density at radius 1 is 0.826 bits per heavy atom. The van der Waals surface area contributed by atoms with Crippen molar-refractivity contribution in [3.05, 3.63) is 65.2 Å². The molecule has 116 valence electrons. The first kappa shape index (κ1) is 14.8. The number of amidine groups is 1. The lowest BCUT2D eigenvalue weighted by Gasteiger charge is -2.07. The average molecular weight is 339 g/mol. The molecule has 3 nitrogen and oxygen atoms in total. The van der Waals surface area contributed by atoms with Crippen molar-refractivity contribution in [3.8, 4) is 0 Å². The standard InChI is InChI=1S/C18H17N3S2/c1-11-3-7-13(8-4-11)16-20-15-17(22-16)23-18(21-15)19-14-9-5-12(2)6-10-14/h3-10,15,17H,1-2H3,(H,19,21)/t15-,17+/m0/s1. The maximum atomic E-state index is 4.79. The molecule has 1 N–H and O–H groups in total. The Balaban J connectivity index is 1.48. The van der Waals surface area contributed by atoms with E-state index in [-0.39, 0.29) is 6.17 Å². The van der Waals surface area contributed by atoms with Gasteiger partial charge in [0, 0.05) is 11.3 Å². The van der Waals surface area contributed by atoms with Gasteiger partial charge in [-0.3, -0.25) is 0 Å². The molecule has 0 fully saturated rings. The molecule has 23 heavy (non-hydrogen) atoms. The molecule has 4 rings (SSSR count). The molecule has 0 saturated carbocycles. The summed E-state index contributed by atoms with van der Waals surface area (Å²) in [7, 11) is 0. The molecule has 2 aromatic carbocycles. The van der Waals surface area contributed by atoms with Crippen LogP contribution in [0, 0.1) is 13.8 Å². The molecule has 2 atom stereocenters. The van der Waals surface area contributed by atoms with Crippen LogP contribution in [0.4, 0.5) is 5.69 Å². The lowest BCUT2D eigenvalue weighted by Crippen LogP contribution is -2.06. The maximum absolute atomic E-state index is 4.79. The van der Waals surface area contributed by atoms with E-state index in [1.54, 1.807) is 11.8 Å². The molecule has 2 aliphatic rings. The van der Waals surface area contributed by atoms with Gasteiger partial charge in [0.1, 0.15) is 9.63 Å². The summed E-state index contributed by atoms with van der Waals surface area (Å²) >= 11 is 3.58. The van der Waals surface area contributed by atoms with Crippen LogP contribution >= 0.6 is 23.5 Å². The molecule has 0 saturated heterocycles.